The summed E-state index contributed by atoms with van der Waals surface area (Å²) in [6.45, 7) is 2.47. The lowest BCUT2D eigenvalue weighted by Gasteiger charge is -2.43. The molecule has 0 spiro atoms. The summed E-state index contributed by atoms with van der Waals surface area (Å²) in [5.41, 5.74) is -0.0588. The number of anilines is 1. The van der Waals surface area contributed by atoms with Crippen molar-refractivity contribution in [2.75, 3.05) is 18.4 Å². The van der Waals surface area contributed by atoms with Crippen LogP contribution in [0.5, 0.6) is 0 Å². The van der Waals surface area contributed by atoms with Gasteiger partial charge in [-0.3, -0.25) is 4.79 Å². The molecular formula is C24H24F5N5O. The molecule has 1 aliphatic heterocycles. The van der Waals surface area contributed by atoms with Crippen LogP contribution in [0.1, 0.15) is 53.5 Å². The van der Waals surface area contributed by atoms with Gasteiger partial charge in [0.25, 0.3) is 11.8 Å². The summed E-state index contributed by atoms with van der Waals surface area (Å²) >= 11 is 0. The fourth-order valence-corrected chi connectivity index (χ4v) is 4.00. The summed E-state index contributed by atoms with van der Waals surface area (Å²) in [5, 5.41) is 2.78. The topological polar surface area (TPSA) is 71.0 Å². The highest BCUT2D eigenvalue weighted by molar-refractivity contribution is 5.95. The number of carbonyl (C=O) groups is 1. The van der Waals surface area contributed by atoms with Crippen LogP contribution in [-0.2, 0) is 6.18 Å². The van der Waals surface area contributed by atoms with Gasteiger partial charge in [0, 0.05) is 37.0 Å². The van der Waals surface area contributed by atoms with E-state index >= 15 is 0 Å². The van der Waals surface area contributed by atoms with E-state index in [4.69, 9.17) is 0 Å². The zero-order valence-corrected chi connectivity index (χ0v) is 19.2. The molecule has 2 aliphatic rings. The Bertz CT molecular complexity index is 1150. The van der Waals surface area contributed by atoms with E-state index in [1.807, 2.05) is 0 Å². The Balaban J connectivity index is 1.58. The normalized spacial score (nSPS) is 21.7. The first-order valence-electron chi connectivity index (χ1n) is 11.2. The van der Waals surface area contributed by atoms with Crippen LogP contribution in [0.3, 0.4) is 0 Å². The number of alkyl halides is 5. The Morgan fingerprint density at radius 3 is 2.54 bits per heavy atom. The van der Waals surface area contributed by atoms with Crippen LogP contribution in [0.2, 0.25) is 0 Å². The molecule has 2 fully saturated rings. The first-order chi connectivity index (χ1) is 16.4. The number of likely N-dealkylation sites (tertiary alicyclic amines) is 1. The van der Waals surface area contributed by atoms with Crippen molar-refractivity contribution in [2.45, 2.75) is 51.3 Å². The average Bonchev–Trinajstić information content (AvgIpc) is 3.60. The van der Waals surface area contributed by atoms with Crippen LogP contribution in [0.15, 0.2) is 24.5 Å². The zero-order valence-electron chi connectivity index (χ0n) is 19.2. The first kappa shape index (κ1) is 24.8. The number of amides is 1. The van der Waals surface area contributed by atoms with E-state index < -0.39 is 48.5 Å². The molecule has 2 aromatic rings. The van der Waals surface area contributed by atoms with Crippen LogP contribution in [-0.4, -0.2) is 50.8 Å². The Kier molecular flexibility index (Phi) is 6.66. The summed E-state index contributed by atoms with van der Waals surface area (Å²) in [4.78, 5) is 26.2. The Hall–Kier alpha value is -3.29. The second-order valence-corrected chi connectivity index (χ2v) is 9.10. The summed E-state index contributed by atoms with van der Waals surface area (Å²) in [6, 6.07) is 2.68. The molecule has 0 aromatic carbocycles. The molecule has 2 unspecified atom stereocenters. The van der Waals surface area contributed by atoms with Gasteiger partial charge in [0.1, 0.15) is 5.69 Å². The first-order valence-corrected chi connectivity index (χ1v) is 11.2. The maximum absolute atomic E-state index is 14.5. The number of aryl methyl sites for hydroxylation is 1. The molecule has 0 bridgehead atoms. The predicted molar refractivity (Wildman–Crippen MR) is 118 cm³/mol. The van der Waals surface area contributed by atoms with Crippen molar-refractivity contribution in [2.24, 2.45) is 11.8 Å². The van der Waals surface area contributed by atoms with Crippen molar-refractivity contribution in [3.05, 3.63) is 47.0 Å². The summed E-state index contributed by atoms with van der Waals surface area (Å²) < 4.78 is 67.3. The number of halogens is 5. The molecule has 35 heavy (non-hydrogen) atoms. The van der Waals surface area contributed by atoms with Gasteiger partial charge in [-0.15, -0.1) is 0 Å². The number of pyridine rings is 1. The van der Waals surface area contributed by atoms with Crippen LogP contribution in [0, 0.1) is 30.6 Å². The van der Waals surface area contributed by atoms with Gasteiger partial charge in [-0.1, -0.05) is 18.8 Å². The van der Waals surface area contributed by atoms with Crippen LogP contribution >= 0.6 is 0 Å². The minimum absolute atomic E-state index is 0.0128. The number of piperidine rings is 1. The molecular weight excluding hydrogens is 469 g/mol. The summed E-state index contributed by atoms with van der Waals surface area (Å²) in [6.07, 6.45) is -1.76. The van der Waals surface area contributed by atoms with Crippen molar-refractivity contribution in [1.29, 1.82) is 0 Å². The van der Waals surface area contributed by atoms with Gasteiger partial charge in [-0.05, 0) is 37.8 Å². The number of aromatic nitrogens is 3. The van der Waals surface area contributed by atoms with Gasteiger partial charge in [-0.25, -0.2) is 23.7 Å². The molecule has 2 aromatic heterocycles. The molecule has 1 saturated heterocycles. The van der Waals surface area contributed by atoms with Crippen LogP contribution in [0.25, 0.3) is 0 Å². The number of hydrogen-bond donors (Lipinski definition) is 1. The average molecular weight is 493 g/mol. The van der Waals surface area contributed by atoms with Crippen LogP contribution < -0.4 is 5.32 Å². The van der Waals surface area contributed by atoms with Gasteiger partial charge < -0.3 is 10.2 Å². The summed E-state index contributed by atoms with van der Waals surface area (Å²) in [5.74, 6) is 1.84. The second kappa shape index (κ2) is 9.40. The minimum atomic E-state index is -4.58. The van der Waals surface area contributed by atoms with E-state index in [0.29, 0.717) is 23.7 Å². The van der Waals surface area contributed by atoms with Gasteiger partial charge in [0.2, 0.25) is 5.95 Å². The Morgan fingerprint density at radius 1 is 1.23 bits per heavy atom. The molecule has 2 atom stereocenters. The van der Waals surface area contributed by atoms with E-state index in [-0.39, 0.29) is 24.1 Å². The van der Waals surface area contributed by atoms with E-state index in [1.54, 1.807) is 26.0 Å². The lowest BCUT2D eigenvalue weighted by molar-refractivity contribution is -0.138. The fraction of sp³-hybridized carbons (Fsp3) is 0.500. The largest absolute Gasteiger partial charge is 0.419 e. The van der Waals surface area contributed by atoms with Gasteiger partial charge >= 0.3 is 6.18 Å². The van der Waals surface area contributed by atoms with E-state index in [1.165, 1.54) is 0 Å². The molecule has 1 amide bonds. The van der Waals surface area contributed by atoms with Crippen molar-refractivity contribution in [3.63, 3.8) is 0 Å². The fourth-order valence-electron chi connectivity index (χ4n) is 4.00. The molecule has 186 valence electrons. The highest BCUT2D eigenvalue weighted by atomic mass is 19.4. The minimum Gasteiger partial charge on any atom is -0.352 e. The van der Waals surface area contributed by atoms with Gasteiger partial charge in [0.15, 0.2) is 0 Å². The van der Waals surface area contributed by atoms with Crippen molar-refractivity contribution < 1.29 is 26.7 Å². The molecule has 1 saturated carbocycles. The molecule has 0 radical (unpaired) electrons. The predicted octanol–water partition coefficient (Wildman–Crippen LogP) is 4.56. The third-order valence-electron chi connectivity index (χ3n) is 6.01. The maximum Gasteiger partial charge on any atom is 0.419 e. The smallest absolute Gasteiger partial charge is 0.352 e. The summed E-state index contributed by atoms with van der Waals surface area (Å²) in [7, 11) is 0. The number of nitrogens with one attached hydrogen (secondary N) is 1. The third-order valence-corrected chi connectivity index (χ3v) is 6.01. The lowest BCUT2D eigenvalue weighted by atomic mass is 9.88. The van der Waals surface area contributed by atoms with Crippen LogP contribution in [0.4, 0.5) is 27.9 Å². The Morgan fingerprint density at radius 2 is 1.91 bits per heavy atom. The molecule has 3 heterocycles. The van der Waals surface area contributed by atoms with Gasteiger partial charge in [0.05, 0.1) is 23.7 Å². The monoisotopic (exact) mass is 493 g/mol. The highest BCUT2D eigenvalue weighted by Crippen LogP contribution is 2.35. The number of hydrogen-bond acceptors (Lipinski definition) is 5. The highest BCUT2D eigenvalue weighted by Gasteiger charge is 2.46. The number of rotatable bonds is 4. The van der Waals surface area contributed by atoms with Crippen molar-refractivity contribution in [3.8, 4) is 11.8 Å². The van der Waals surface area contributed by atoms with E-state index in [0.717, 1.165) is 17.7 Å². The lowest BCUT2D eigenvalue weighted by Crippen LogP contribution is -2.57. The molecule has 1 aliphatic carbocycles. The SMILES string of the molecule is Cc1ccc(C#CC2CC2)c(C(=O)N2CC(F)(F)CC(C)C2CNc2ncc(C(F)(F)F)cn2)n1. The number of nitrogens with zero attached hydrogens (tertiary/aromatic N) is 4. The Labute approximate surface area is 199 Å². The molecule has 6 nitrogen and oxygen atoms in total. The van der Waals surface area contributed by atoms with Crippen molar-refractivity contribution in [1.82, 2.24) is 19.9 Å². The second-order valence-electron chi connectivity index (χ2n) is 9.10. The molecule has 4 rings (SSSR count). The zero-order chi connectivity index (χ0) is 25.4. The molecule has 1 N–H and O–H groups in total. The maximum atomic E-state index is 14.5. The quantitative estimate of drug-likeness (QED) is 0.500. The van der Waals surface area contributed by atoms with E-state index in [9.17, 15) is 26.7 Å². The van der Waals surface area contributed by atoms with Gasteiger partial charge in [-0.2, -0.15) is 13.2 Å². The van der Waals surface area contributed by atoms with Crippen molar-refractivity contribution >= 4 is 11.9 Å². The molecule has 11 heteroatoms. The number of carbonyl (C=O) groups excluding carboxylic acids is 1. The third kappa shape index (κ3) is 6.05. The standard InChI is InChI=1S/C24H24F5N5O/c1-14-9-23(25,26)13-34(19(14)12-32-22-30-10-18(11-31-22)24(27,28)29)21(35)20-17(7-3-15(2)33-20)8-6-16-4-5-16/h3,7,10-11,14,16,19H,4-5,9,12-13H2,1-2H3,(H,30,31,32). The van der Waals surface area contributed by atoms with E-state index in [2.05, 4.69) is 32.1 Å².